The summed E-state index contributed by atoms with van der Waals surface area (Å²) >= 11 is 0. The molecule has 0 spiro atoms. The van der Waals surface area contributed by atoms with Crippen LogP contribution in [-0.2, 0) is 11.2 Å². The van der Waals surface area contributed by atoms with Gasteiger partial charge in [0.2, 0.25) is 0 Å². The third kappa shape index (κ3) is 2.55. The summed E-state index contributed by atoms with van der Waals surface area (Å²) in [6.45, 7) is 4.00. The van der Waals surface area contributed by atoms with E-state index in [0.29, 0.717) is 11.6 Å². The number of H-pyrrole nitrogens is 2. The Balaban J connectivity index is 1.41. The number of ether oxygens (including phenoxy) is 1. The summed E-state index contributed by atoms with van der Waals surface area (Å²) in [4.78, 5) is 19.9. The lowest BCUT2D eigenvalue weighted by molar-refractivity contribution is -0.00697. The fourth-order valence-electron chi connectivity index (χ4n) is 3.57. The van der Waals surface area contributed by atoms with Crippen molar-refractivity contribution in [3.63, 3.8) is 0 Å². The molecule has 0 bridgehead atoms. The normalized spacial score (nSPS) is 29.7. The van der Waals surface area contributed by atoms with Crippen LogP contribution in [0.15, 0.2) is 12.4 Å². The van der Waals surface area contributed by atoms with E-state index >= 15 is 0 Å². The first kappa shape index (κ1) is 14.4. The molecular weight excluding hydrogens is 294 g/mol. The van der Waals surface area contributed by atoms with Crippen molar-refractivity contribution in [2.75, 3.05) is 0 Å². The number of imidazole rings is 1. The number of aromatic amines is 2. The second-order valence-corrected chi connectivity index (χ2v) is 6.57. The van der Waals surface area contributed by atoms with Crippen LogP contribution >= 0.6 is 0 Å². The molecule has 1 amide bonds. The van der Waals surface area contributed by atoms with Gasteiger partial charge in [-0.25, -0.2) is 4.98 Å². The number of carbonyl (C=O) groups excluding carboxylic acids is 1. The first-order chi connectivity index (χ1) is 11.1. The molecule has 1 aliphatic carbocycles. The van der Waals surface area contributed by atoms with Gasteiger partial charge in [-0.3, -0.25) is 9.89 Å². The minimum absolute atomic E-state index is 0.0464. The van der Waals surface area contributed by atoms with Crippen molar-refractivity contribution < 1.29 is 9.53 Å². The smallest absolute Gasteiger partial charge is 0.272 e. The zero-order chi connectivity index (χ0) is 16.0. The summed E-state index contributed by atoms with van der Waals surface area (Å²) in [5, 5.41) is 10.3. The Morgan fingerprint density at radius 3 is 2.96 bits per heavy atom. The van der Waals surface area contributed by atoms with Gasteiger partial charge < -0.3 is 15.0 Å². The maximum absolute atomic E-state index is 12.5. The van der Waals surface area contributed by atoms with Gasteiger partial charge in [-0.2, -0.15) is 5.10 Å². The van der Waals surface area contributed by atoms with Gasteiger partial charge in [0.05, 0.1) is 17.9 Å². The fourth-order valence-corrected chi connectivity index (χ4v) is 3.57. The quantitative estimate of drug-likeness (QED) is 0.805. The Morgan fingerprint density at radius 2 is 2.22 bits per heavy atom. The van der Waals surface area contributed by atoms with Crippen LogP contribution < -0.4 is 5.32 Å². The van der Waals surface area contributed by atoms with E-state index in [4.69, 9.17) is 4.74 Å². The molecule has 0 radical (unpaired) electrons. The summed E-state index contributed by atoms with van der Waals surface area (Å²) in [6.07, 6.45) is 6.22. The molecule has 4 rings (SSSR count). The monoisotopic (exact) mass is 315 g/mol. The van der Waals surface area contributed by atoms with E-state index in [1.807, 2.05) is 20.0 Å². The SMILES string of the molecule is C[C@@H]1Cc2c(C(=O)NC3CC(c4ncc[nH]4)C3)n[nH]c2[C@H](C)O1. The summed E-state index contributed by atoms with van der Waals surface area (Å²) < 4.78 is 5.76. The van der Waals surface area contributed by atoms with Crippen molar-refractivity contribution in [2.24, 2.45) is 0 Å². The molecule has 2 aromatic heterocycles. The second kappa shape index (κ2) is 5.49. The maximum atomic E-state index is 12.5. The van der Waals surface area contributed by atoms with Crippen LogP contribution in [0.5, 0.6) is 0 Å². The number of fused-ring (bicyclic) bond motifs is 1. The van der Waals surface area contributed by atoms with E-state index in [2.05, 4.69) is 25.5 Å². The van der Waals surface area contributed by atoms with Crippen molar-refractivity contribution in [1.82, 2.24) is 25.5 Å². The Bertz CT molecular complexity index is 702. The first-order valence-electron chi connectivity index (χ1n) is 8.14. The van der Waals surface area contributed by atoms with E-state index in [-0.39, 0.29) is 24.2 Å². The molecule has 3 N–H and O–H groups in total. The first-order valence-corrected chi connectivity index (χ1v) is 8.14. The lowest BCUT2D eigenvalue weighted by Gasteiger charge is -2.34. The molecular formula is C16H21N5O2. The zero-order valence-corrected chi connectivity index (χ0v) is 13.3. The average molecular weight is 315 g/mol. The molecule has 0 unspecified atom stereocenters. The molecule has 2 aromatic rings. The van der Waals surface area contributed by atoms with Gasteiger partial charge in [0.25, 0.3) is 5.91 Å². The minimum Gasteiger partial charge on any atom is -0.369 e. The number of amides is 1. The van der Waals surface area contributed by atoms with E-state index in [9.17, 15) is 4.79 Å². The van der Waals surface area contributed by atoms with E-state index in [1.165, 1.54) is 0 Å². The molecule has 1 saturated carbocycles. The summed E-state index contributed by atoms with van der Waals surface area (Å²) in [7, 11) is 0. The van der Waals surface area contributed by atoms with Crippen LogP contribution in [0.1, 0.15) is 66.3 Å². The minimum atomic E-state index is -0.0910. The standard InChI is InChI=1S/C16H21N5O2/c1-8-5-12-13(9(2)23-8)20-21-14(12)16(22)19-11-6-10(7-11)15-17-3-4-18-15/h3-4,8-11H,5-7H2,1-2H3,(H,17,18)(H,19,22)(H,20,21)/t8-,9+,10?,11?/m1/s1. The van der Waals surface area contributed by atoms with Crippen LogP contribution in [0.3, 0.4) is 0 Å². The van der Waals surface area contributed by atoms with Gasteiger partial charge in [-0.05, 0) is 26.7 Å². The Morgan fingerprint density at radius 1 is 1.39 bits per heavy atom. The third-order valence-corrected chi connectivity index (χ3v) is 4.83. The molecule has 2 atom stereocenters. The molecule has 1 aliphatic heterocycles. The Hall–Kier alpha value is -2.15. The van der Waals surface area contributed by atoms with Gasteiger partial charge >= 0.3 is 0 Å². The molecule has 0 saturated heterocycles. The predicted molar refractivity (Wildman–Crippen MR) is 83.1 cm³/mol. The summed E-state index contributed by atoms with van der Waals surface area (Å²) in [6, 6.07) is 0.194. The van der Waals surface area contributed by atoms with Crippen molar-refractivity contribution >= 4 is 5.91 Å². The molecule has 1 fully saturated rings. The summed E-state index contributed by atoms with van der Waals surface area (Å²) in [5.41, 5.74) is 2.44. The van der Waals surface area contributed by atoms with Gasteiger partial charge in [0.1, 0.15) is 5.82 Å². The van der Waals surface area contributed by atoms with Gasteiger partial charge in [-0.15, -0.1) is 0 Å². The number of nitrogens with one attached hydrogen (secondary N) is 3. The predicted octanol–water partition coefficient (Wildman–Crippen LogP) is 1.83. The molecule has 23 heavy (non-hydrogen) atoms. The summed E-state index contributed by atoms with van der Waals surface area (Å²) in [5.74, 6) is 1.33. The number of rotatable bonds is 3. The van der Waals surface area contributed by atoms with Crippen LogP contribution in [0.2, 0.25) is 0 Å². The Kier molecular flexibility index (Phi) is 3.45. The molecule has 2 aliphatic rings. The maximum Gasteiger partial charge on any atom is 0.272 e. The highest BCUT2D eigenvalue weighted by molar-refractivity contribution is 5.94. The van der Waals surface area contributed by atoms with Crippen LogP contribution in [0, 0.1) is 0 Å². The van der Waals surface area contributed by atoms with Gasteiger partial charge in [0, 0.05) is 36.3 Å². The topological polar surface area (TPSA) is 95.7 Å². The highest BCUT2D eigenvalue weighted by atomic mass is 16.5. The number of hydrogen-bond donors (Lipinski definition) is 3. The molecule has 7 nitrogen and oxygen atoms in total. The van der Waals surface area contributed by atoms with Crippen molar-refractivity contribution in [2.45, 2.75) is 57.3 Å². The largest absolute Gasteiger partial charge is 0.369 e. The number of aromatic nitrogens is 4. The van der Waals surface area contributed by atoms with Gasteiger partial charge in [0.15, 0.2) is 5.69 Å². The lowest BCUT2D eigenvalue weighted by atomic mass is 9.79. The molecule has 122 valence electrons. The Labute approximate surface area is 134 Å². The number of nitrogens with zero attached hydrogens (tertiary/aromatic N) is 2. The zero-order valence-electron chi connectivity index (χ0n) is 13.3. The van der Waals surface area contributed by atoms with E-state index < -0.39 is 0 Å². The van der Waals surface area contributed by atoms with Crippen molar-refractivity contribution in [3.8, 4) is 0 Å². The van der Waals surface area contributed by atoms with E-state index in [1.54, 1.807) is 6.20 Å². The highest BCUT2D eigenvalue weighted by Crippen LogP contribution is 2.35. The molecule has 3 heterocycles. The average Bonchev–Trinajstić information content (AvgIpc) is 3.10. The molecule has 7 heteroatoms. The fraction of sp³-hybridized carbons (Fsp3) is 0.562. The second-order valence-electron chi connectivity index (χ2n) is 6.57. The number of carbonyl (C=O) groups is 1. The molecule has 0 aromatic carbocycles. The highest BCUT2D eigenvalue weighted by Gasteiger charge is 2.35. The van der Waals surface area contributed by atoms with Gasteiger partial charge in [-0.1, -0.05) is 0 Å². The van der Waals surface area contributed by atoms with Crippen molar-refractivity contribution in [3.05, 3.63) is 35.2 Å². The van der Waals surface area contributed by atoms with Crippen LogP contribution in [0.25, 0.3) is 0 Å². The third-order valence-electron chi connectivity index (χ3n) is 4.83. The van der Waals surface area contributed by atoms with E-state index in [0.717, 1.165) is 36.3 Å². The van der Waals surface area contributed by atoms with Crippen LogP contribution in [-0.4, -0.2) is 38.2 Å². The van der Waals surface area contributed by atoms with Crippen LogP contribution in [0.4, 0.5) is 0 Å². The number of hydrogen-bond acceptors (Lipinski definition) is 4. The lowest BCUT2D eigenvalue weighted by Crippen LogP contribution is -2.44. The van der Waals surface area contributed by atoms with Crippen molar-refractivity contribution in [1.29, 1.82) is 0 Å².